The molecule has 0 amide bonds. The first-order valence-electron chi connectivity index (χ1n) is 11.6. The van der Waals surface area contributed by atoms with Gasteiger partial charge in [-0.05, 0) is 25.2 Å². The molecule has 2 aliphatic rings. The van der Waals surface area contributed by atoms with Crippen molar-refractivity contribution in [3.05, 3.63) is 0 Å². The summed E-state index contributed by atoms with van der Waals surface area (Å²) >= 11 is 0. The van der Waals surface area contributed by atoms with Crippen LogP contribution in [0, 0.1) is 5.92 Å². The zero-order valence-electron chi connectivity index (χ0n) is 17.5. The van der Waals surface area contributed by atoms with Crippen LogP contribution in [0.25, 0.3) is 0 Å². The summed E-state index contributed by atoms with van der Waals surface area (Å²) < 4.78 is 12.1. The molecule has 1 aliphatic heterocycles. The van der Waals surface area contributed by atoms with Crippen LogP contribution in [0.1, 0.15) is 117 Å². The van der Waals surface area contributed by atoms with Crippen molar-refractivity contribution in [1.29, 1.82) is 0 Å². The van der Waals surface area contributed by atoms with Gasteiger partial charge in [-0.3, -0.25) is 0 Å². The van der Waals surface area contributed by atoms with Gasteiger partial charge in [-0.15, -0.1) is 0 Å². The van der Waals surface area contributed by atoms with Gasteiger partial charge in [0.25, 0.3) is 0 Å². The van der Waals surface area contributed by atoms with E-state index in [0.717, 1.165) is 31.6 Å². The molecule has 0 aromatic rings. The second kappa shape index (κ2) is 12.4. The Kier molecular flexibility index (Phi) is 10.5. The Labute approximate surface area is 162 Å². The van der Waals surface area contributed by atoms with Crippen LogP contribution in [0.15, 0.2) is 0 Å². The molecule has 2 rings (SSSR count). The van der Waals surface area contributed by atoms with Gasteiger partial charge in [-0.1, -0.05) is 84.5 Å². The highest BCUT2D eigenvalue weighted by molar-refractivity contribution is 4.85. The van der Waals surface area contributed by atoms with Gasteiger partial charge >= 0.3 is 0 Å². The van der Waals surface area contributed by atoms with E-state index in [1.54, 1.807) is 0 Å². The smallest absolute Gasteiger partial charge is 0.169 e. The topological polar surface area (TPSA) is 38.7 Å². The molecule has 2 atom stereocenters. The van der Waals surface area contributed by atoms with Crippen molar-refractivity contribution in [3.8, 4) is 0 Å². The molecule has 154 valence electrons. The molecule has 1 saturated carbocycles. The van der Waals surface area contributed by atoms with Crippen LogP contribution in [0.5, 0.6) is 0 Å². The van der Waals surface area contributed by atoms with Gasteiger partial charge in [0.2, 0.25) is 0 Å². The number of rotatable bonds is 13. The Balaban J connectivity index is 1.40. The molecule has 0 radical (unpaired) electrons. The molecule has 1 spiro atoms. The molecular weight excluding hydrogens is 324 g/mol. The Hall–Kier alpha value is -0.120. The van der Waals surface area contributed by atoms with E-state index in [1.165, 1.54) is 77.0 Å². The van der Waals surface area contributed by atoms with E-state index < -0.39 is 0 Å². The maximum atomic E-state index is 10.4. The van der Waals surface area contributed by atoms with Gasteiger partial charge in [0.05, 0.1) is 12.7 Å². The molecule has 2 fully saturated rings. The highest BCUT2D eigenvalue weighted by atomic mass is 16.7. The van der Waals surface area contributed by atoms with E-state index in [4.69, 9.17) is 9.47 Å². The number of ether oxygens (including phenoxy) is 2. The summed E-state index contributed by atoms with van der Waals surface area (Å²) in [7, 11) is 0. The summed E-state index contributed by atoms with van der Waals surface area (Å²) in [4.78, 5) is 0. The van der Waals surface area contributed by atoms with Crippen molar-refractivity contribution >= 4 is 0 Å². The van der Waals surface area contributed by atoms with E-state index in [0.29, 0.717) is 6.61 Å². The molecule has 0 aromatic carbocycles. The molecule has 1 saturated heterocycles. The lowest BCUT2D eigenvalue weighted by atomic mass is 9.94. The van der Waals surface area contributed by atoms with Crippen molar-refractivity contribution in [3.63, 3.8) is 0 Å². The van der Waals surface area contributed by atoms with Crippen LogP contribution >= 0.6 is 0 Å². The zero-order chi connectivity index (χ0) is 18.7. The number of aliphatic hydroxyl groups is 1. The first-order valence-corrected chi connectivity index (χ1v) is 11.6. The summed E-state index contributed by atoms with van der Waals surface area (Å²) in [6.07, 6.45) is 19.5. The minimum Gasteiger partial charge on any atom is -0.390 e. The second-order valence-corrected chi connectivity index (χ2v) is 9.16. The van der Waals surface area contributed by atoms with E-state index >= 15 is 0 Å². The maximum Gasteiger partial charge on any atom is 0.169 e. The summed E-state index contributed by atoms with van der Waals surface area (Å²) in [5.41, 5.74) is 0. The first kappa shape index (κ1) is 22.2. The summed E-state index contributed by atoms with van der Waals surface area (Å²) in [5.74, 6) is 0.513. The van der Waals surface area contributed by atoms with Crippen LogP contribution in [0.3, 0.4) is 0 Å². The second-order valence-electron chi connectivity index (χ2n) is 9.16. The minimum atomic E-state index is -0.350. The van der Waals surface area contributed by atoms with E-state index in [1.807, 2.05) is 0 Å². The highest BCUT2D eigenvalue weighted by Crippen LogP contribution is 2.38. The fourth-order valence-electron chi connectivity index (χ4n) is 4.45. The van der Waals surface area contributed by atoms with E-state index in [2.05, 4.69) is 13.8 Å². The predicted octanol–water partition coefficient (Wildman–Crippen LogP) is 6.37. The third-order valence-corrected chi connectivity index (χ3v) is 6.20. The summed E-state index contributed by atoms with van der Waals surface area (Å²) in [6, 6.07) is 0. The average molecular weight is 369 g/mol. The minimum absolute atomic E-state index is 0.0982. The molecule has 0 aromatic heterocycles. The number of aliphatic hydroxyl groups excluding tert-OH is 1. The Bertz CT molecular complexity index is 349. The van der Waals surface area contributed by atoms with E-state index in [9.17, 15) is 5.11 Å². The van der Waals surface area contributed by atoms with Crippen LogP contribution in [-0.4, -0.2) is 29.7 Å². The lowest BCUT2D eigenvalue weighted by Crippen LogP contribution is -2.36. The van der Waals surface area contributed by atoms with Crippen molar-refractivity contribution in [2.24, 2.45) is 5.92 Å². The Morgan fingerprint density at radius 1 is 0.808 bits per heavy atom. The molecule has 3 nitrogen and oxygen atoms in total. The van der Waals surface area contributed by atoms with Gasteiger partial charge in [0.15, 0.2) is 5.79 Å². The average Bonchev–Trinajstić information content (AvgIpc) is 3.03. The predicted molar refractivity (Wildman–Crippen MR) is 108 cm³/mol. The third kappa shape index (κ3) is 8.27. The fourth-order valence-corrected chi connectivity index (χ4v) is 4.45. The van der Waals surface area contributed by atoms with Crippen molar-refractivity contribution in [2.75, 3.05) is 6.61 Å². The zero-order valence-corrected chi connectivity index (χ0v) is 17.5. The molecule has 3 heteroatoms. The van der Waals surface area contributed by atoms with Crippen molar-refractivity contribution in [1.82, 2.24) is 0 Å². The Morgan fingerprint density at radius 3 is 1.92 bits per heavy atom. The van der Waals surface area contributed by atoms with Crippen molar-refractivity contribution in [2.45, 2.75) is 135 Å². The largest absolute Gasteiger partial charge is 0.390 e. The van der Waals surface area contributed by atoms with Gasteiger partial charge in [0.1, 0.15) is 6.10 Å². The number of hydrogen-bond donors (Lipinski definition) is 1. The highest BCUT2D eigenvalue weighted by Gasteiger charge is 2.44. The normalized spacial score (nSPS) is 23.8. The monoisotopic (exact) mass is 368 g/mol. The standard InChI is InChI=1S/C23H44O3/c1-20(2)15-11-8-6-4-3-5-7-9-12-16-21(24)22-19-25-23(26-22)17-13-10-14-18-23/h20-22,24H,3-19H2,1-2H3/t21?,22-/m1/s1. The molecule has 0 bridgehead atoms. The number of hydrogen-bond acceptors (Lipinski definition) is 3. The summed E-state index contributed by atoms with van der Waals surface area (Å²) in [6.45, 7) is 5.21. The van der Waals surface area contributed by atoms with E-state index in [-0.39, 0.29) is 18.0 Å². The quantitative estimate of drug-likeness (QED) is 0.384. The van der Waals surface area contributed by atoms with Gasteiger partial charge in [-0.2, -0.15) is 0 Å². The van der Waals surface area contributed by atoms with Crippen LogP contribution < -0.4 is 0 Å². The third-order valence-electron chi connectivity index (χ3n) is 6.20. The van der Waals surface area contributed by atoms with Gasteiger partial charge < -0.3 is 14.6 Å². The SMILES string of the molecule is CC(C)CCCCCCCCCCCC(O)[C@H]1COC2(CCCCC2)O1. The first-order chi connectivity index (χ1) is 12.6. The Morgan fingerprint density at radius 2 is 1.35 bits per heavy atom. The van der Waals surface area contributed by atoms with Crippen molar-refractivity contribution < 1.29 is 14.6 Å². The lowest BCUT2D eigenvalue weighted by molar-refractivity contribution is -0.195. The summed E-state index contributed by atoms with van der Waals surface area (Å²) in [5, 5.41) is 10.4. The molecular formula is C23H44O3. The molecule has 1 N–H and O–H groups in total. The molecule has 1 heterocycles. The maximum absolute atomic E-state index is 10.4. The number of unbranched alkanes of at least 4 members (excludes halogenated alkanes) is 8. The molecule has 1 unspecified atom stereocenters. The van der Waals surface area contributed by atoms with Crippen LogP contribution in [0.4, 0.5) is 0 Å². The lowest BCUT2D eigenvalue weighted by Gasteiger charge is -2.32. The van der Waals surface area contributed by atoms with Gasteiger partial charge in [-0.25, -0.2) is 0 Å². The molecule has 1 aliphatic carbocycles. The van der Waals surface area contributed by atoms with Crippen LogP contribution in [-0.2, 0) is 9.47 Å². The van der Waals surface area contributed by atoms with Gasteiger partial charge in [0, 0.05) is 12.8 Å². The molecule has 26 heavy (non-hydrogen) atoms. The fraction of sp³-hybridized carbons (Fsp3) is 1.00. The van der Waals surface area contributed by atoms with Crippen LogP contribution in [0.2, 0.25) is 0 Å².